The summed E-state index contributed by atoms with van der Waals surface area (Å²) in [4.78, 5) is 0. The van der Waals surface area contributed by atoms with Crippen LogP contribution in [0.3, 0.4) is 0 Å². The van der Waals surface area contributed by atoms with E-state index in [2.05, 4.69) is 6.92 Å². The molecule has 1 radical (unpaired) electrons. The average Bonchev–Trinajstić information content (AvgIpc) is 1.67. The molecule has 0 aromatic carbocycles. The van der Waals surface area contributed by atoms with Crippen molar-refractivity contribution < 1.29 is 0 Å². The summed E-state index contributed by atoms with van der Waals surface area (Å²) < 4.78 is 0. The van der Waals surface area contributed by atoms with Gasteiger partial charge in [-0.25, -0.2) is 0 Å². The van der Waals surface area contributed by atoms with Crippen LogP contribution in [0.25, 0.3) is 0 Å². The van der Waals surface area contributed by atoms with Gasteiger partial charge in [0, 0.05) is 5.54 Å². The summed E-state index contributed by atoms with van der Waals surface area (Å²) in [6, 6.07) is 0. The lowest BCUT2D eigenvalue weighted by atomic mass is 9.96. The van der Waals surface area contributed by atoms with E-state index >= 15 is 0 Å². The molecule has 0 aromatic heterocycles. The van der Waals surface area contributed by atoms with Crippen LogP contribution in [0.4, 0.5) is 0 Å². The van der Waals surface area contributed by atoms with Gasteiger partial charge >= 0.3 is 0 Å². The Morgan fingerprint density at radius 1 is 1.75 bits per heavy atom. The molecule has 0 aliphatic heterocycles. The zero-order valence-corrected chi connectivity index (χ0v) is 5.65. The van der Waals surface area contributed by atoms with Gasteiger partial charge in [0.1, 0.15) is 0 Å². The summed E-state index contributed by atoms with van der Waals surface area (Å²) in [5.74, 6) is 0. The quantitative estimate of drug-likeness (QED) is 0.588. The topological polar surface area (TPSA) is 26.0 Å². The van der Waals surface area contributed by atoms with Gasteiger partial charge < -0.3 is 5.73 Å². The minimum absolute atomic E-state index is 0.0885. The first-order chi connectivity index (χ1) is 3.62. The van der Waals surface area contributed by atoms with Crippen molar-refractivity contribution in [1.82, 2.24) is 0 Å². The maximum atomic E-state index is 5.72. The Hall–Kier alpha value is -0.300. The molecule has 0 bridgehead atoms. The molecule has 0 saturated heterocycles. The maximum Gasteiger partial charge on any atom is 0.0158 e. The van der Waals surface area contributed by atoms with E-state index in [0.717, 1.165) is 12.8 Å². The molecule has 0 amide bonds. The lowest BCUT2D eigenvalue weighted by Gasteiger charge is -2.19. The van der Waals surface area contributed by atoms with Crippen LogP contribution in [0.15, 0.2) is 6.08 Å². The molecule has 1 nitrogen and oxygen atoms in total. The highest BCUT2D eigenvalue weighted by molar-refractivity contribution is 4.83. The van der Waals surface area contributed by atoms with Crippen LogP contribution in [0, 0.1) is 6.58 Å². The smallest absolute Gasteiger partial charge is 0.0158 e. The molecule has 1 atom stereocenters. The monoisotopic (exact) mass is 112 g/mol. The molecule has 47 valence electrons. The molecule has 0 fully saturated rings. The van der Waals surface area contributed by atoms with Crippen molar-refractivity contribution in [2.75, 3.05) is 0 Å². The number of rotatable bonds is 3. The van der Waals surface area contributed by atoms with Crippen LogP contribution < -0.4 is 5.73 Å². The highest BCUT2D eigenvalue weighted by Crippen LogP contribution is 2.09. The van der Waals surface area contributed by atoms with Gasteiger partial charge in [0.05, 0.1) is 0 Å². The van der Waals surface area contributed by atoms with Gasteiger partial charge in [0.15, 0.2) is 0 Å². The fourth-order valence-corrected chi connectivity index (χ4v) is 0.414. The summed E-state index contributed by atoms with van der Waals surface area (Å²) in [5.41, 5.74) is 5.63. The van der Waals surface area contributed by atoms with E-state index in [1.54, 1.807) is 6.08 Å². The highest BCUT2D eigenvalue weighted by atomic mass is 14.7. The lowest BCUT2D eigenvalue weighted by Crippen LogP contribution is -2.34. The molecule has 0 saturated carbocycles. The Labute approximate surface area is 51.6 Å². The fourth-order valence-electron chi connectivity index (χ4n) is 0.414. The zero-order valence-electron chi connectivity index (χ0n) is 5.65. The van der Waals surface area contributed by atoms with E-state index in [9.17, 15) is 0 Å². The first-order valence-corrected chi connectivity index (χ1v) is 2.94. The van der Waals surface area contributed by atoms with Gasteiger partial charge in [-0.1, -0.05) is 19.6 Å². The molecule has 0 aliphatic rings. The Morgan fingerprint density at radius 3 is 2.38 bits per heavy atom. The van der Waals surface area contributed by atoms with Crippen LogP contribution in [-0.2, 0) is 0 Å². The van der Waals surface area contributed by atoms with Gasteiger partial charge in [-0.15, -0.1) is 0 Å². The van der Waals surface area contributed by atoms with Crippen molar-refractivity contribution in [3.05, 3.63) is 12.7 Å². The highest BCUT2D eigenvalue weighted by Gasteiger charge is 2.11. The maximum absolute atomic E-state index is 5.72. The third-order valence-corrected chi connectivity index (χ3v) is 1.39. The largest absolute Gasteiger partial charge is 0.325 e. The Kier molecular flexibility index (Phi) is 2.77. The molecule has 1 heteroatoms. The van der Waals surface area contributed by atoms with Gasteiger partial charge in [0.25, 0.3) is 0 Å². The van der Waals surface area contributed by atoms with Crippen molar-refractivity contribution in [2.24, 2.45) is 5.73 Å². The van der Waals surface area contributed by atoms with E-state index < -0.39 is 0 Å². The normalized spacial score (nSPS) is 17.4. The second-order valence-corrected chi connectivity index (χ2v) is 2.45. The van der Waals surface area contributed by atoms with Gasteiger partial charge in [-0.05, 0) is 19.8 Å². The average molecular weight is 112 g/mol. The molecule has 1 unspecified atom stereocenters. The molecule has 2 N–H and O–H groups in total. The summed E-state index contributed by atoms with van der Waals surface area (Å²) >= 11 is 0. The standard InChI is InChI=1S/C7H14N/c1-4-6-7(3,8)5-2/h1,4H,5-6,8H2,2-3H3. The molecular weight excluding hydrogens is 98.1 g/mol. The van der Waals surface area contributed by atoms with Crippen molar-refractivity contribution >= 4 is 0 Å². The van der Waals surface area contributed by atoms with E-state index in [4.69, 9.17) is 12.3 Å². The first-order valence-electron chi connectivity index (χ1n) is 2.94. The van der Waals surface area contributed by atoms with Crippen LogP contribution >= 0.6 is 0 Å². The van der Waals surface area contributed by atoms with Crippen molar-refractivity contribution in [3.63, 3.8) is 0 Å². The molecule has 8 heavy (non-hydrogen) atoms. The minimum atomic E-state index is -0.0885. The second kappa shape index (κ2) is 2.88. The van der Waals surface area contributed by atoms with Crippen molar-refractivity contribution in [2.45, 2.75) is 32.2 Å². The summed E-state index contributed by atoms with van der Waals surface area (Å²) in [6.07, 6.45) is 3.38. The van der Waals surface area contributed by atoms with Crippen LogP contribution in [0.5, 0.6) is 0 Å². The van der Waals surface area contributed by atoms with Gasteiger partial charge in [0.2, 0.25) is 0 Å². The summed E-state index contributed by atoms with van der Waals surface area (Å²) in [5, 5.41) is 0. The van der Waals surface area contributed by atoms with E-state index in [0.29, 0.717) is 0 Å². The Morgan fingerprint density at radius 2 is 2.25 bits per heavy atom. The molecule has 0 heterocycles. The molecule has 0 rings (SSSR count). The molecular formula is C7H14N. The predicted molar refractivity (Wildman–Crippen MR) is 36.4 cm³/mol. The Bertz CT molecular complexity index is 74.5. The summed E-state index contributed by atoms with van der Waals surface area (Å²) in [7, 11) is 0. The molecule has 0 aliphatic carbocycles. The molecule has 0 aromatic rings. The number of hydrogen-bond acceptors (Lipinski definition) is 1. The summed E-state index contributed by atoms with van der Waals surface area (Å²) in [6.45, 7) is 9.24. The number of nitrogens with two attached hydrogens (primary N) is 1. The van der Waals surface area contributed by atoms with Gasteiger partial charge in [-0.2, -0.15) is 0 Å². The Balaban J connectivity index is 3.53. The van der Waals surface area contributed by atoms with E-state index in [1.807, 2.05) is 6.92 Å². The molecule has 0 spiro atoms. The van der Waals surface area contributed by atoms with Crippen LogP contribution in [-0.4, -0.2) is 5.54 Å². The van der Waals surface area contributed by atoms with E-state index in [-0.39, 0.29) is 5.54 Å². The van der Waals surface area contributed by atoms with Crippen molar-refractivity contribution in [3.8, 4) is 0 Å². The first kappa shape index (κ1) is 7.70. The zero-order chi connectivity index (χ0) is 6.62. The van der Waals surface area contributed by atoms with Crippen LogP contribution in [0.1, 0.15) is 26.7 Å². The van der Waals surface area contributed by atoms with Crippen LogP contribution in [0.2, 0.25) is 0 Å². The number of hydrogen-bond donors (Lipinski definition) is 1. The van der Waals surface area contributed by atoms with Crippen molar-refractivity contribution in [1.29, 1.82) is 0 Å². The third-order valence-electron chi connectivity index (χ3n) is 1.39. The van der Waals surface area contributed by atoms with E-state index in [1.165, 1.54) is 0 Å². The second-order valence-electron chi connectivity index (χ2n) is 2.45. The third kappa shape index (κ3) is 2.80. The van der Waals surface area contributed by atoms with Gasteiger partial charge in [-0.3, -0.25) is 0 Å². The SMILES string of the molecule is [CH]=CCC(C)(N)CC. The lowest BCUT2D eigenvalue weighted by molar-refractivity contribution is 0.459. The fraction of sp³-hybridized carbons (Fsp3) is 0.714. The minimum Gasteiger partial charge on any atom is -0.325 e. The predicted octanol–water partition coefficient (Wildman–Crippen LogP) is 1.49.